The number of hydrogen-bond donors (Lipinski definition) is 1. The summed E-state index contributed by atoms with van der Waals surface area (Å²) in [7, 11) is 0. The molecule has 0 aliphatic heterocycles. The van der Waals surface area contributed by atoms with Gasteiger partial charge in [0.15, 0.2) is 0 Å². The Bertz CT molecular complexity index is 250. The summed E-state index contributed by atoms with van der Waals surface area (Å²) in [5.74, 6) is 0. The topological polar surface area (TPSA) is 24.9 Å². The van der Waals surface area contributed by atoms with Crippen molar-refractivity contribution in [3.05, 3.63) is 23.5 Å². The maximum absolute atomic E-state index is 5.72. The molecule has 1 aromatic heterocycles. The van der Waals surface area contributed by atoms with Crippen LogP contribution in [0, 0.1) is 0 Å². The van der Waals surface area contributed by atoms with Crippen molar-refractivity contribution in [2.45, 2.75) is 26.3 Å². The average Bonchev–Trinajstić information content (AvgIpc) is 2.04. The molecule has 1 atom stereocenters. The first-order valence-corrected chi connectivity index (χ1v) is 4.48. The van der Waals surface area contributed by atoms with Gasteiger partial charge in [0.25, 0.3) is 0 Å². The Labute approximate surface area is 78.0 Å². The van der Waals surface area contributed by atoms with Crippen LogP contribution in [0.25, 0.3) is 0 Å². The summed E-state index contributed by atoms with van der Waals surface area (Å²) in [4.78, 5) is 3.90. The smallest absolute Gasteiger partial charge is 0.131 e. The van der Waals surface area contributed by atoms with Crippen LogP contribution in [0.1, 0.15) is 20.3 Å². The van der Waals surface area contributed by atoms with E-state index >= 15 is 0 Å². The first kappa shape index (κ1) is 9.33. The fourth-order valence-electron chi connectivity index (χ4n) is 0.879. The fourth-order valence-corrected chi connectivity index (χ4v) is 1.05. The predicted octanol–water partition coefficient (Wildman–Crippen LogP) is 2.95. The van der Waals surface area contributed by atoms with Crippen molar-refractivity contribution < 1.29 is 0 Å². The van der Waals surface area contributed by atoms with Crippen molar-refractivity contribution in [1.82, 2.24) is 4.98 Å². The van der Waals surface area contributed by atoms with Crippen LogP contribution >= 0.6 is 11.6 Å². The summed E-state index contributed by atoms with van der Waals surface area (Å²) in [6.45, 7) is 4.27. The largest absolute Gasteiger partial charge is 0.382 e. The molecule has 0 aliphatic carbocycles. The van der Waals surface area contributed by atoms with Gasteiger partial charge in [-0.25, -0.2) is 4.98 Å². The highest BCUT2D eigenvalue weighted by atomic mass is 35.5. The molecule has 0 bridgehead atoms. The predicted molar refractivity (Wildman–Crippen MR) is 52.6 cm³/mol. The standard InChI is InChI=1S/C9H13ClN2/c1-3-7(2)12-8-4-5-11-9(10)6-8/h4-7H,3H2,1-2H3,(H,11,12)/t7-/m0/s1. The van der Waals surface area contributed by atoms with Crippen molar-refractivity contribution in [2.75, 3.05) is 5.32 Å². The molecule has 0 fully saturated rings. The van der Waals surface area contributed by atoms with Gasteiger partial charge in [0.1, 0.15) is 5.15 Å². The number of rotatable bonds is 3. The van der Waals surface area contributed by atoms with Gasteiger partial charge >= 0.3 is 0 Å². The summed E-state index contributed by atoms with van der Waals surface area (Å²) < 4.78 is 0. The highest BCUT2D eigenvalue weighted by Crippen LogP contribution is 2.13. The minimum Gasteiger partial charge on any atom is -0.382 e. The van der Waals surface area contributed by atoms with Crippen molar-refractivity contribution in [2.24, 2.45) is 0 Å². The van der Waals surface area contributed by atoms with Crippen molar-refractivity contribution in [3.63, 3.8) is 0 Å². The van der Waals surface area contributed by atoms with Gasteiger partial charge in [-0.05, 0) is 25.5 Å². The van der Waals surface area contributed by atoms with E-state index in [1.807, 2.05) is 12.1 Å². The third-order valence-electron chi connectivity index (χ3n) is 1.75. The normalized spacial score (nSPS) is 12.6. The third-order valence-corrected chi connectivity index (χ3v) is 1.96. The van der Waals surface area contributed by atoms with E-state index in [0.717, 1.165) is 12.1 Å². The lowest BCUT2D eigenvalue weighted by Gasteiger charge is -2.12. The molecule has 66 valence electrons. The highest BCUT2D eigenvalue weighted by molar-refractivity contribution is 6.29. The molecule has 0 saturated carbocycles. The lowest BCUT2D eigenvalue weighted by molar-refractivity contribution is 0.764. The molecule has 1 N–H and O–H groups in total. The molecule has 1 aromatic rings. The van der Waals surface area contributed by atoms with E-state index in [-0.39, 0.29) is 0 Å². The Balaban J connectivity index is 2.63. The second kappa shape index (κ2) is 4.31. The minimum absolute atomic E-state index is 0.475. The van der Waals surface area contributed by atoms with E-state index in [1.54, 1.807) is 6.20 Å². The van der Waals surface area contributed by atoms with Crippen molar-refractivity contribution in [1.29, 1.82) is 0 Å². The van der Waals surface area contributed by atoms with Crippen LogP contribution in [-0.2, 0) is 0 Å². The number of halogens is 1. The molecule has 0 amide bonds. The monoisotopic (exact) mass is 184 g/mol. The van der Waals surface area contributed by atoms with Crippen LogP contribution in [0.4, 0.5) is 5.69 Å². The SMILES string of the molecule is CC[C@H](C)Nc1ccnc(Cl)c1. The number of aromatic nitrogens is 1. The number of pyridine rings is 1. The van der Waals surface area contributed by atoms with Crippen LogP contribution in [0.3, 0.4) is 0 Å². The number of hydrogen-bond acceptors (Lipinski definition) is 2. The van der Waals surface area contributed by atoms with Gasteiger partial charge in [0, 0.05) is 17.9 Å². The van der Waals surface area contributed by atoms with Crippen LogP contribution < -0.4 is 5.32 Å². The minimum atomic E-state index is 0.475. The van der Waals surface area contributed by atoms with Gasteiger partial charge in [-0.1, -0.05) is 18.5 Å². The zero-order valence-corrected chi connectivity index (χ0v) is 8.10. The lowest BCUT2D eigenvalue weighted by Crippen LogP contribution is -2.13. The third kappa shape index (κ3) is 2.70. The lowest BCUT2D eigenvalue weighted by atomic mass is 10.2. The average molecular weight is 185 g/mol. The molecule has 0 saturated heterocycles. The Hall–Kier alpha value is -0.760. The zero-order chi connectivity index (χ0) is 8.97. The molecule has 0 unspecified atom stereocenters. The second-order valence-corrected chi connectivity index (χ2v) is 3.21. The van der Waals surface area contributed by atoms with E-state index in [0.29, 0.717) is 11.2 Å². The van der Waals surface area contributed by atoms with Gasteiger partial charge < -0.3 is 5.32 Å². The van der Waals surface area contributed by atoms with Gasteiger partial charge in [-0.15, -0.1) is 0 Å². The second-order valence-electron chi connectivity index (χ2n) is 2.82. The fraction of sp³-hybridized carbons (Fsp3) is 0.444. The molecule has 0 aliphatic rings. The molecular weight excluding hydrogens is 172 g/mol. The Morgan fingerprint density at radius 2 is 2.42 bits per heavy atom. The Morgan fingerprint density at radius 3 is 3.00 bits per heavy atom. The Kier molecular flexibility index (Phi) is 3.35. The van der Waals surface area contributed by atoms with Gasteiger partial charge in [-0.3, -0.25) is 0 Å². The number of nitrogens with zero attached hydrogens (tertiary/aromatic N) is 1. The van der Waals surface area contributed by atoms with E-state index in [4.69, 9.17) is 11.6 Å². The van der Waals surface area contributed by atoms with Crippen molar-refractivity contribution in [3.8, 4) is 0 Å². The molecule has 3 heteroatoms. The first-order chi connectivity index (χ1) is 5.72. The highest BCUT2D eigenvalue weighted by Gasteiger charge is 1.98. The summed E-state index contributed by atoms with van der Waals surface area (Å²) >= 11 is 5.72. The van der Waals surface area contributed by atoms with Crippen molar-refractivity contribution >= 4 is 17.3 Å². The molecule has 2 nitrogen and oxygen atoms in total. The maximum Gasteiger partial charge on any atom is 0.131 e. The Morgan fingerprint density at radius 1 is 1.67 bits per heavy atom. The molecule has 0 spiro atoms. The summed E-state index contributed by atoms with van der Waals surface area (Å²) in [6, 6.07) is 4.22. The summed E-state index contributed by atoms with van der Waals surface area (Å²) in [5.41, 5.74) is 1.03. The maximum atomic E-state index is 5.72. The van der Waals surface area contributed by atoms with E-state index in [1.165, 1.54) is 0 Å². The van der Waals surface area contributed by atoms with Crippen LogP contribution in [0.15, 0.2) is 18.3 Å². The molecule has 12 heavy (non-hydrogen) atoms. The van der Waals surface area contributed by atoms with Gasteiger partial charge in [-0.2, -0.15) is 0 Å². The number of anilines is 1. The molecule has 0 radical (unpaired) electrons. The van der Waals surface area contributed by atoms with E-state index in [9.17, 15) is 0 Å². The first-order valence-electron chi connectivity index (χ1n) is 4.10. The van der Waals surface area contributed by atoms with E-state index in [2.05, 4.69) is 24.1 Å². The van der Waals surface area contributed by atoms with E-state index < -0.39 is 0 Å². The quantitative estimate of drug-likeness (QED) is 0.731. The van der Waals surface area contributed by atoms with Gasteiger partial charge in [0.2, 0.25) is 0 Å². The zero-order valence-electron chi connectivity index (χ0n) is 7.34. The molecule has 1 rings (SSSR count). The molecular formula is C9H13ClN2. The summed E-state index contributed by atoms with van der Waals surface area (Å²) in [6.07, 6.45) is 2.80. The molecule has 0 aromatic carbocycles. The van der Waals surface area contributed by atoms with Gasteiger partial charge in [0.05, 0.1) is 0 Å². The van der Waals surface area contributed by atoms with Crippen LogP contribution in [0.2, 0.25) is 5.15 Å². The summed E-state index contributed by atoms with van der Waals surface area (Å²) in [5, 5.41) is 3.84. The van der Waals surface area contributed by atoms with Crippen LogP contribution in [0.5, 0.6) is 0 Å². The molecule has 1 heterocycles. The number of nitrogens with one attached hydrogen (secondary N) is 1. The van der Waals surface area contributed by atoms with Crippen LogP contribution in [-0.4, -0.2) is 11.0 Å².